The fraction of sp³-hybridized carbons (Fsp3) is 0.0526. The lowest BCUT2D eigenvalue weighted by molar-refractivity contribution is 0.104. The molecule has 0 atom stereocenters. The molecule has 0 radical (unpaired) electrons. The van der Waals surface area contributed by atoms with Crippen LogP contribution in [0.25, 0.3) is 6.08 Å². The van der Waals surface area contributed by atoms with Crippen molar-refractivity contribution >= 4 is 23.2 Å². The van der Waals surface area contributed by atoms with Crippen LogP contribution in [0, 0.1) is 0 Å². The number of ether oxygens (including phenoxy) is 1. The van der Waals surface area contributed by atoms with Crippen LogP contribution in [0.2, 0.25) is 0 Å². The number of phenolic OH excluding ortho intramolecular Hbond substituents is 1. The lowest BCUT2D eigenvalue weighted by Gasteiger charge is -2.04. The van der Waals surface area contributed by atoms with Crippen molar-refractivity contribution in [1.29, 1.82) is 0 Å². The second-order valence-corrected chi connectivity index (χ2v) is 5.80. The Balaban J connectivity index is 1.59. The van der Waals surface area contributed by atoms with Gasteiger partial charge in [-0.25, -0.2) is 4.98 Å². The standard InChI is InChI=1S/C19H15NO3S/c21-17-6-4-15(5-7-17)19(22)10-3-14-1-8-18(9-2-14)23-11-16-12-24-13-20-16/h1-10,12-13,21H,11H2. The predicted molar refractivity (Wildman–Crippen MR) is 94.4 cm³/mol. The second-order valence-electron chi connectivity index (χ2n) is 5.08. The molecular weight excluding hydrogens is 322 g/mol. The van der Waals surface area contributed by atoms with E-state index in [4.69, 9.17) is 4.74 Å². The summed E-state index contributed by atoms with van der Waals surface area (Å²) in [5.74, 6) is 0.785. The van der Waals surface area contributed by atoms with Crippen molar-refractivity contribution in [3.05, 3.63) is 82.3 Å². The van der Waals surface area contributed by atoms with Gasteiger partial charge in [0.25, 0.3) is 0 Å². The number of aromatic nitrogens is 1. The first-order chi connectivity index (χ1) is 11.7. The minimum absolute atomic E-state index is 0.112. The molecule has 24 heavy (non-hydrogen) atoms. The molecule has 0 spiro atoms. The number of ketones is 1. The summed E-state index contributed by atoms with van der Waals surface area (Å²) in [4.78, 5) is 16.2. The SMILES string of the molecule is O=C(C=Cc1ccc(OCc2cscn2)cc1)c1ccc(O)cc1. The number of hydrogen-bond acceptors (Lipinski definition) is 5. The molecular formula is C19H15NO3S. The van der Waals surface area contributed by atoms with E-state index in [-0.39, 0.29) is 11.5 Å². The Morgan fingerprint density at radius 3 is 2.54 bits per heavy atom. The number of thiazole rings is 1. The maximum Gasteiger partial charge on any atom is 0.185 e. The van der Waals surface area contributed by atoms with Crippen molar-refractivity contribution in [3.63, 3.8) is 0 Å². The molecule has 3 rings (SSSR count). The fourth-order valence-corrected chi connectivity index (χ4v) is 2.58. The van der Waals surface area contributed by atoms with Crippen LogP contribution in [0.3, 0.4) is 0 Å². The van der Waals surface area contributed by atoms with Crippen LogP contribution >= 0.6 is 11.3 Å². The zero-order chi connectivity index (χ0) is 16.8. The summed E-state index contributed by atoms with van der Waals surface area (Å²) in [5.41, 5.74) is 4.12. The maximum absolute atomic E-state index is 12.0. The molecule has 0 unspecified atom stereocenters. The third kappa shape index (κ3) is 4.30. The van der Waals surface area contributed by atoms with Gasteiger partial charge < -0.3 is 9.84 Å². The molecule has 1 N–H and O–H groups in total. The minimum atomic E-state index is -0.112. The number of aromatic hydroxyl groups is 1. The van der Waals surface area contributed by atoms with Crippen LogP contribution < -0.4 is 4.74 Å². The van der Waals surface area contributed by atoms with Gasteiger partial charge in [0.1, 0.15) is 18.1 Å². The van der Waals surface area contributed by atoms with Gasteiger partial charge in [0, 0.05) is 10.9 Å². The zero-order valence-electron chi connectivity index (χ0n) is 12.8. The van der Waals surface area contributed by atoms with Crippen molar-refractivity contribution in [2.45, 2.75) is 6.61 Å². The highest BCUT2D eigenvalue weighted by atomic mass is 32.1. The molecule has 0 saturated carbocycles. The summed E-state index contributed by atoms with van der Waals surface area (Å²) in [6, 6.07) is 13.7. The molecule has 0 aliphatic rings. The van der Waals surface area contributed by atoms with Crippen LogP contribution in [0.1, 0.15) is 21.6 Å². The Hall–Kier alpha value is -2.92. The Bertz CT molecular complexity index is 822. The van der Waals surface area contributed by atoms with Crippen LogP contribution in [0.5, 0.6) is 11.5 Å². The number of hydrogen-bond donors (Lipinski definition) is 1. The molecule has 0 bridgehead atoms. The van der Waals surface area contributed by atoms with Crippen molar-refractivity contribution in [2.24, 2.45) is 0 Å². The average molecular weight is 337 g/mol. The molecule has 0 aliphatic carbocycles. The first-order valence-corrected chi connectivity index (χ1v) is 8.26. The van der Waals surface area contributed by atoms with E-state index in [1.165, 1.54) is 29.5 Å². The molecule has 1 heterocycles. The van der Waals surface area contributed by atoms with E-state index in [9.17, 15) is 9.90 Å². The fourth-order valence-electron chi connectivity index (χ4n) is 2.04. The first-order valence-electron chi connectivity index (χ1n) is 7.32. The molecule has 120 valence electrons. The summed E-state index contributed by atoms with van der Waals surface area (Å²) in [6.45, 7) is 0.442. The summed E-state index contributed by atoms with van der Waals surface area (Å²) in [6.07, 6.45) is 3.26. The van der Waals surface area contributed by atoms with Crippen LogP contribution in [0.15, 0.2) is 65.5 Å². The Morgan fingerprint density at radius 2 is 1.88 bits per heavy atom. The number of phenols is 1. The van der Waals surface area contributed by atoms with E-state index >= 15 is 0 Å². The third-order valence-corrected chi connectivity index (χ3v) is 3.96. The Kier molecular flexibility index (Phi) is 5.03. The molecule has 0 fully saturated rings. The number of benzene rings is 2. The van der Waals surface area contributed by atoms with Crippen LogP contribution in [-0.2, 0) is 6.61 Å². The van der Waals surface area contributed by atoms with Gasteiger partial charge in [0.05, 0.1) is 11.2 Å². The van der Waals surface area contributed by atoms with E-state index in [1.54, 1.807) is 23.7 Å². The van der Waals surface area contributed by atoms with Gasteiger partial charge in [0.15, 0.2) is 5.78 Å². The molecule has 5 heteroatoms. The van der Waals surface area contributed by atoms with Crippen molar-refractivity contribution in [3.8, 4) is 11.5 Å². The van der Waals surface area contributed by atoms with E-state index in [2.05, 4.69) is 4.98 Å². The lowest BCUT2D eigenvalue weighted by Crippen LogP contribution is -1.95. The van der Waals surface area contributed by atoms with Crippen molar-refractivity contribution in [2.75, 3.05) is 0 Å². The number of allylic oxidation sites excluding steroid dienone is 1. The molecule has 0 aliphatic heterocycles. The molecule has 0 saturated heterocycles. The zero-order valence-corrected chi connectivity index (χ0v) is 13.6. The third-order valence-electron chi connectivity index (χ3n) is 3.33. The van der Waals surface area contributed by atoms with E-state index in [0.717, 1.165) is 17.0 Å². The predicted octanol–water partition coefficient (Wildman–Crippen LogP) is 4.32. The minimum Gasteiger partial charge on any atom is -0.508 e. The van der Waals surface area contributed by atoms with Crippen molar-refractivity contribution < 1.29 is 14.6 Å². The van der Waals surface area contributed by atoms with E-state index in [0.29, 0.717) is 12.2 Å². The summed E-state index contributed by atoms with van der Waals surface area (Å²) in [7, 11) is 0. The largest absolute Gasteiger partial charge is 0.508 e. The van der Waals surface area contributed by atoms with Gasteiger partial charge in [0.2, 0.25) is 0 Å². The quantitative estimate of drug-likeness (QED) is 0.537. The smallest absolute Gasteiger partial charge is 0.185 e. The highest BCUT2D eigenvalue weighted by molar-refractivity contribution is 7.07. The highest BCUT2D eigenvalue weighted by Crippen LogP contribution is 2.16. The van der Waals surface area contributed by atoms with Gasteiger partial charge in [-0.2, -0.15) is 0 Å². The normalized spacial score (nSPS) is 10.8. The average Bonchev–Trinajstić information content (AvgIpc) is 3.13. The molecule has 3 aromatic rings. The number of carbonyl (C=O) groups excluding carboxylic acids is 1. The van der Waals surface area contributed by atoms with Gasteiger partial charge in [-0.15, -0.1) is 11.3 Å². The number of rotatable bonds is 6. The lowest BCUT2D eigenvalue weighted by atomic mass is 10.1. The summed E-state index contributed by atoms with van der Waals surface area (Å²) in [5, 5.41) is 11.2. The van der Waals surface area contributed by atoms with Crippen LogP contribution in [-0.4, -0.2) is 15.9 Å². The van der Waals surface area contributed by atoms with Crippen molar-refractivity contribution in [1.82, 2.24) is 4.98 Å². The summed E-state index contributed by atoms with van der Waals surface area (Å²) >= 11 is 1.54. The van der Waals surface area contributed by atoms with Gasteiger partial charge >= 0.3 is 0 Å². The van der Waals surface area contributed by atoms with E-state index in [1.807, 2.05) is 29.6 Å². The topological polar surface area (TPSA) is 59.4 Å². The second kappa shape index (κ2) is 7.57. The Morgan fingerprint density at radius 1 is 1.12 bits per heavy atom. The highest BCUT2D eigenvalue weighted by Gasteiger charge is 2.01. The van der Waals surface area contributed by atoms with Gasteiger partial charge in [-0.05, 0) is 48.0 Å². The molecule has 2 aromatic carbocycles. The maximum atomic E-state index is 12.0. The monoisotopic (exact) mass is 337 g/mol. The number of nitrogens with zero attached hydrogens (tertiary/aromatic N) is 1. The van der Waals surface area contributed by atoms with E-state index < -0.39 is 0 Å². The molecule has 0 amide bonds. The van der Waals surface area contributed by atoms with Gasteiger partial charge in [-0.3, -0.25) is 4.79 Å². The Labute approximate surface area is 143 Å². The number of carbonyl (C=O) groups is 1. The molecule has 1 aromatic heterocycles. The summed E-state index contributed by atoms with van der Waals surface area (Å²) < 4.78 is 5.64. The molecule has 4 nitrogen and oxygen atoms in total. The first kappa shape index (κ1) is 16.0. The van der Waals surface area contributed by atoms with Gasteiger partial charge in [-0.1, -0.05) is 18.2 Å². The van der Waals surface area contributed by atoms with Crippen LogP contribution in [0.4, 0.5) is 0 Å².